The van der Waals surface area contributed by atoms with Crippen LogP contribution in [0.5, 0.6) is 0 Å². The summed E-state index contributed by atoms with van der Waals surface area (Å²) in [5, 5.41) is 3.31. The first-order valence-electron chi connectivity index (χ1n) is 14.7. The molecule has 0 heterocycles. The second-order valence-electron chi connectivity index (χ2n) is 10.5. The largest absolute Gasteiger partial charge is 0.355 e. The van der Waals surface area contributed by atoms with Gasteiger partial charge in [-0.2, -0.15) is 0 Å². The standard InChI is InChI=1S/C35H38ClN3O4S/c1-4-28-15-10-12-18-32(28)39(44(42,43)30-21-19-26(3)20-22-30)25-34(40)38(24-29-16-9-11-17-31(29)36)33(35(41)37-5-2)23-27-13-7-6-8-14-27/h6-22,33H,4-5,23-25H2,1-3H3,(H,37,41)/t33-/m1/s1. The fourth-order valence-corrected chi connectivity index (χ4v) is 6.71. The Bertz CT molecular complexity index is 1680. The number of carbonyl (C=O) groups excluding carboxylic acids is 2. The summed E-state index contributed by atoms with van der Waals surface area (Å²) >= 11 is 6.54. The summed E-state index contributed by atoms with van der Waals surface area (Å²) in [5.41, 5.74) is 3.61. The highest BCUT2D eigenvalue weighted by Gasteiger charge is 2.35. The molecule has 230 valence electrons. The van der Waals surface area contributed by atoms with Gasteiger partial charge in [0.15, 0.2) is 0 Å². The molecule has 0 aromatic heterocycles. The van der Waals surface area contributed by atoms with Gasteiger partial charge in [0, 0.05) is 24.5 Å². The zero-order chi connectivity index (χ0) is 31.7. The molecule has 1 atom stereocenters. The SMILES string of the molecule is CCNC(=O)[C@@H](Cc1ccccc1)N(Cc1ccccc1Cl)C(=O)CN(c1ccccc1CC)S(=O)(=O)c1ccc(C)cc1. The number of hydrogen-bond donors (Lipinski definition) is 1. The minimum absolute atomic E-state index is 0.0149. The molecule has 9 heteroatoms. The Balaban J connectivity index is 1.83. The van der Waals surface area contributed by atoms with E-state index in [-0.39, 0.29) is 23.8 Å². The van der Waals surface area contributed by atoms with Crippen molar-refractivity contribution in [3.63, 3.8) is 0 Å². The van der Waals surface area contributed by atoms with Crippen molar-refractivity contribution in [2.45, 2.75) is 51.1 Å². The van der Waals surface area contributed by atoms with Crippen LogP contribution in [0.2, 0.25) is 5.02 Å². The molecule has 0 aliphatic rings. The summed E-state index contributed by atoms with van der Waals surface area (Å²) < 4.78 is 29.6. The maximum atomic E-state index is 14.5. The van der Waals surface area contributed by atoms with Crippen LogP contribution >= 0.6 is 11.6 Å². The molecule has 0 saturated heterocycles. The molecule has 0 spiro atoms. The van der Waals surface area contributed by atoms with Gasteiger partial charge < -0.3 is 10.2 Å². The van der Waals surface area contributed by atoms with Gasteiger partial charge in [-0.25, -0.2) is 8.42 Å². The summed E-state index contributed by atoms with van der Waals surface area (Å²) in [4.78, 5) is 29.6. The van der Waals surface area contributed by atoms with Gasteiger partial charge in [0.2, 0.25) is 11.8 Å². The Morgan fingerprint density at radius 1 is 0.818 bits per heavy atom. The molecule has 4 rings (SSSR count). The molecule has 2 amide bonds. The highest BCUT2D eigenvalue weighted by molar-refractivity contribution is 7.92. The Morgan fingerprint density at radius 3 is 2.07 bits per heavy atom. The maximum absolute atomic E-state index is 14.5. The van der Waals surface area contributed by atoms with E-state index in [1.165, 1.54) is 4.90 Å². The van der Waals surface area contributed by atoms with Crippen molar-refractivity contribution in [1.82, 2.24) is 10.2 Å². The zero-order valence-corrected chi connectivity index (χ0v) is 26.8. The van der Waals surface area contributed by atoms with E-state index >= 15 is 0 Å². The van der Waals surface area contributed by atoms with Crippen molar-refractivity contribution in [1.29, 1.82) is 0 Å². The Kier molecular flexibility index (Phi) is 11.2. The topological polar surface area (TPSA) is 86.8 Å². The quantitative estimate of drug-likeness (QED) is 0.191. The minimum Gasteiger partial charge on any atom is -0.355 e. The lowest BCUT2D eigenvalue weighted by molar-refractivity contribution is -0.140. The van der Waals surface area contributed by atoms with Crippen molar-refractivity contribution in [2.24, 2.45) is 0 Å². The van der Waals surface area contributed by atoms with E-state index in [0.29, 0.717) is 29.2 Å². The van der Waals surface area contributed by atoms with Gasteiger partial charge in [0.1, 0.15) is 12.6 Å². The van der Waals surface area contributed by atoms with Crippen LogP contribution in [-0.4, -0.2) is 44.3 Å². The molecule has 0 unspecified atom stereocenters. The molecule has 0 aliphatic heterocycles. The van der Waals surface area contributed by atoms with Crippen LogP contribution < -0.4 is 9.62 Å². The molecular formula is C35H38ClN3O4S. The molecule has 4 aromatic carbocycles. The summed E-state index contributed by atoms with van der Waals surface area (Å²) in [5.74, 6) is -0.864. The third-order valence-electron chi connectivity index (χ3n) is 7.45. The molecule has 1 N–H and O–H groups in total. The predicted octanol–water partition coefficient (Wildman–Crippen LogP) is 6.18. The van der Waals surface area contributed by atoms with E-state index in [2.05, 4.69) is 5.32 Å². The number of carbonyl (C=O) groups is 2. The number of aryl methyl sites for hydroxylation is 2. The molecule has 0 fully saturated rings. The first-order valence-corrected chi connectivity index (χ1v) is 16.5. The Hall–Kier alpha value is -4.14. The van der Waals surface area contributed by atoms with Crippen LogP contribution in [0.4, 0.5) is 5.69 Å². The normalized spacial score (nSPS) is 11.9. The Morgan fingerprint density at radius 2 is 1.43 bits per heavy atom. The van der Waals surface area contributed by atoms with Gasteiger partial charge in [-0.3, -0.25) is 13.9 Å². The van der Waals surface area contributed by atoms with Crippen LogP contribution in [-0.2, 0) is 39.0 Å². The smallest absolute Gasteiger partial charge is 0.264 e. The molecule has 4 aromatic rings. The average Bonchev–Trinajstić information content (AvgIpc) is 3.03. The predicted molar refractivity (Wildman–Crippen MR) is 176 cm³/mol. The summed E-state index contributed by atoms with van der Waals surface area (Å²) in [6.07, 6.45) is 0.794. The fourth-order valence-electron chi connectivity index (χ4n) is 5.06. The zero-order valence-electron chi connectivity index (χ0n) is 25.2. The summed E-state index contributed by atoms with van der Waals surface area (Å²) in [7, 11) is -4.17. The second-order valence-corrected chi connectivity index (χ2v) is 12.8. The highest BCUT2D eigenvalue weighted by Crippen LogP contribution is 2.29. The van der Waals surface area contributed by atoms with Gasteiger partial charge in [0.05, 0.1) is 10.6 Å². The van der Waals surface area contributed by atoms with E-state index in [1.807, 2.05) is 69.3 Å². The molecule has 0 radical (unpaired) electrons. The monoisotopic (exact) mass is 631 g/mol. The van der Waals surface area contributed by atoms with Gasteiger partial charge in [-0.05, 0) is 61.2 Å². The average molecular weight is 632 g/mol. The number of rotatable bonds is 13. The third kappa shape index (κ3) is 7.87. The number of sulfonamides is 1. The van der Waals surface area contributed by atoms with Gasteiger partial charge >= 0.3 is 0 Å². The number of likely N-dealkylation sites (N-methyl/N-ethyl adjacent to an activating group) is 1. The number of amides is 2. The lowest BCUT2D eigenvalue weighted by Crippen LogP contribution is -2.53. The van der Waals surface area contributed by atoms with Crippen LogP contribution in [0, 0.1) is 6.92 Å². The molecule has 0 aliphatic carbocycles. The number of nitrogens with one attached hydrogen (secondary N) is 1. The van der Waals surface area contributed by atoms with Gasteiger partial charge in [0.25, 0.3) is 10.0 Å². The second kappa shape index (κ2) is 15.0. The molecule has 44 heavy (non-hydrogen) atoms. The van der Waals surface area contributed by atoms with Crippen LogP contribution in [0.15, 0.2) is 108 Å². The first kappa shape index (κ1) is 32.8. The number of para-hydroxylation sites is 1. The van der Waals surface area contributed by atoms with Crippen molar-refractivity contribution < 1.29 is 18.0 Å². The van der Waals surface area contributed by atoms with Crippen molar-refractivity contribution in [2.75, 3.05) is 17.4 Å². The van der Waals surface area contributed by atoms with Crippen LogP contribution in [0.3, 0.4) is 0 Å². The van der Waals surface area contributed by atoms with Crippen molar-refractivity contribution in [3.8, 4) is 0 Å². The van der Waals surface area contributed by atoms with E-state index in [0.717, 1.165) is 21.0 Å². The highest BCUT2D eigenvalue weighted by atomic mass is 35.5. The molecule has 7 nitrogen and oxygen atoms in total. The van der Waals surface area contributed by atoms with Crippen molar-refractivity contribution >= 4 is 39.1 Å². The molecular weight excluding hydrogens is 594 g/mol. The maximum Gasteiger partial charge on any atom is 0.264 e. The van der Waals surface area contributed by atoms with Gasteiger partial charge in [-0.1, -0.05) is 103 Å². The number of hydrogen-bond acceptors (Lipinski definition) is 4. The molecule has 0 saturated carbocycles. The fraction of sp³-hybridized carbons (Fsp3) is 0.257. The first-order chi connectivity index (χ1) is 21.1. The van der Waals surface area contributed by atoms with E-state index < -0.39 is 28.5 Å². The van der Waals surface area contributed by atoms with E-state index in [4.69, 9.17) is 11.6 Å². The number of nitrogens with zero attached hydrogens (tertiary/aromatic N) is 2. The van der Waals surface area contributed by atoms with Crippen LogP contribution in [0.25, 0.3) is 0 Å². The number of halogens is 1. The summed E-state index contributed by atoms with van der Waals surface area (Å²) in [6.45, 7) is 5.51. The molecule has 0 bridgehead atoms. The van der Waals surface area contributed by atoms with E-state index in [9.17, 15) is 18.0 Å². The lowest BCUT2D eigenvalue weighted by atomic mass is 10.0. The third-order valence-corrected chi connectivity index (χ3v) is 9.59. The minimum atomic E-state index is -4.17. The van der Waals surface area contributed by atoms with E-state index in [1.54, 1.807) is 54.6 Å². The van der Waals surface area contributed by atoms with Crippen molar-refractivity contribution in [3.05, 3.63) is 130 Å². The van der Waals surface area contributed by atoms with Gasteiger partial charge in [-0.15, -0.1) is 0 Å². The van der Waals surface area contributed by atoms with Crippen LogP contribution in [0.1, 0.15) is 36.1 Å². The summed E-state index contributed by atoms with van der Waals surface area (Å²) in [6, 6.07) is 29.4. The lowest BCUT2D eigenvalue weighted by Gasteiger charge is -2.34. The number of benzene rings is 4. The number of anilines is 1. The Labute approximate surface area is 265 Å².